The van der Waals surface area contributed by atoms with Gasteiger partial charge in [-0.05, 0) is 6.42 Å². The van der Waals surface area contributed by atoms with E-state index in [9.17, 15) is 9.59 Å². The van der Waals surface area contributed by atoms with Gasteiger partial charge in [-0.25, -0.2) is 9.78 Å². The Morgan fingerprint density at radius 2 is 2.50 bits per heavy atom. The molecule has 0 spiro atoms. The van der Waals surface area contributed by atoms with Crippen LogP contribution < -0.4 is 4.90 Å². The smallest absolute Gasteiger partial charge is 0.326 e. The highest BCUT2D eigenvalue weighted by Crippen LogP contribution is 2.28. The fourth-order valence-corrected chi connectivity index (χ4v) is 2.20. The second-order valence-electron chi connectivity index (χ2n) is 2.97. The van der Waals surface area contributed by atoms with Gasteiger partial charge in [0.25, 0.3) is 0 Å². The molecule has 0 aliphatic carbocycles. The summed E-state index contributed by atoms with van der Waals surface area (Å²) in [5.74, 6) is -1.13. The Kier molecular flexibility index (Phi) is 2.20. The zero-order valence-electron chi connectivity index (χ0n) is 7.21. The van der Waals surface area contributed by atoms with Crippen LogP contribution in [0.2, 0.25) is 0 Å². The van der Waals surface area contributed by atoms with E-state index in [-0.39, 0.29) is 12.3 Å². The van der Waals surface area contributed by atoms with Crippen molar-refractivity contribution in [3.63, 3.8) is 0 Å². The Labute approximate surface area is 84.0 Å². The Balaban J connectivity index is 2.31. The summed E-state index contributed by atoms with van der Waals surface area (Å²) in [6, 6.07) is -0.742. The normalized spacial score (nSPS) is 21.6. The third-order valence-corrected chi connectivity index (χ3v) is 2.89. The van der Waals surface area contributed by atoms with Crippen LogP contribution in [0.5, 0.6) is 0 Å². The second-order valence-corrected chi connectivity index (χ2v) is 3.84. The number of aliphatic carboxylic acids is 1. The number of carbonyl (C=O) groups excluding carboxylic acids is 1. The molecule has 1 aromatic rings. The maximum Gasteiger partial charge on any atom is 0.326 e. The molecule has 0 saturated carbocycles. The molecule has 0 aromatic carbocycles. The molecule has 2 rings (SSSR count). The van der Waals surface area contributed by atoms with E-state index in [0.29, 0.717) is 11.6 Å². The summed E-state index contributed by atoms with van der Waals surface area (Å²) in [6.45, 7) is 0. The van der Waals surface area contributed by atoms with E-state index in [1.807, 2.05) is 0 Å². The minimum absolute atomic E-state index is 0.160. The van der Waals surface area contributed by atoms with Gasteiger partial charge < -0.3 is 5.11 Å². The average molecular weight is 212 g/mol. The molecule has 1 atom stereocenters. The van der Waals surface area contributed by atoms with Crippen molar-refractivity contribution >= 4 is 28.3 Å². The zero-order chi connectivity index (χ0) is 10.1. The highest BCUT2D eigenvalue weighted by molar-refractivity contribution is 7.13. The van der Waals surface area contributed by atoms with E-state index in [1.165, 1.54) is 16.2 Å². The monoisotopic (exact) mass is 212 g/mol. The number of thiazole rings is 1. The van der Waals surface area contributed by atoms with Crippen LogP contribution >= 0.6 is 11.3 Å². The highest BCUT2D eigenvalue weighted by Gasteiger charge is 2.38. The van der Waals surface area contributed by atoms with Crippen molar-refractivity contribution in [2.75, 3.05) is 4.90 Å². The van der Waals surface area contributed by atoms with Crippen LogP contribution in [0.3, 0.4) is 0 Å². The summed E-state index contributed by atoms with van der Waals surface area (Å²) in [4.78, 5) is 27.5. The first-order valence-corrected chi connectivity index (χ1v) is 5.02. The summed E-state index contributed by atoms with van der Waals surface area (Å²) in [6.07, 6.45) is 2.22. The zero-order valence-corrected chi connectivity index (χ0v) is 8.03. The first kappa shape index (κ1) is 9.14. The molecular formula is C8H8N2O3S. The van der Waals surface area contributed by atoms with Crippen LogP contribution in [0, 0.1) is 0 Å². The number of carboxylic acid groups (broad SMARTS) is 1. The molecule has 74 valence electrons. The summed E-state index contributed by atoms with van der Waals surface area (Å²) in [5, 5.41) is 11.1. The second kappa shape index (κ2) is 3.38. The van der Waals surface area contributed by atoms with Gasteiger partial charge in [0.1, 0.15) is 6.04 Å². The van der Waals surface area contributed by atoms with Gasteiger partial charge in [0.15, 0.2) is 5.13 Å². The third-order valence-electron chi connectivity index (χ3n) is 2.12. The average Bonchev–Trinajstić information content (AvgIpc) is 2.71. The maximum absolute atomic E-state index is 11.4. The highest BCUT2D eigenvalue weighted by atomic mass is 32.1. The van der Waals surface area contributed by atoms with E-state index in [1.54, 1.807) is 11.6 Å². The maximum atomic E-state index is 11.4. The van der Waals surface area contributed by atoms with Crippen molar-refractivity contribution in [2.24, 2.45) is 0 Å². The Morgan fingerprint density at radius 1 is 1.71 bits per heavy atom. The minimum Gasteiger partial charge on any atom is -0.480 e. The lowest BCUT2D eigenvalue weighted by molar-refractivity contribution is -0.138. The number of hydrogen-bond acceptors (Lipinski definition) is 4. The topological polar surface area (TPSA) is 70.5 Å². The summed E-state index contributed by atoms with van der Waals surface area (Å²) < 4.78 is 0. The van der Waals surface area contributed by atoms with E-state index in [2.05, 4.69) is 4.98 Å². The van der Waals surface area contributed by atoms with Crippen molar-refractivity contribution < 1.29 is 14.7 Å². The SMILES string of the molecule is O=C(O)C1CCC(=O)N1c1nccs1. The fourth-order valence-electron chi connectivity index (χ4n) is 1.49. The fraction of sp³-hybridized carbons (Fsp3) is 0.375. The number of hydrogen-bond donors (Lipinski definition) is 1. The van der Waals surface area contributed by atoms with E-state index in [4.69, 9.17) is 5.11 Å². The molecule has 1 aromatic heterocycles. The molecule has 1 N–H and O–H groups in total. The predicted octanol–water partition coefficient (Wildman–Crippen LogP) is 0.723. The van der Waals surface area contributed by atoms with Gasteiger partial charge in [-0.1, -0.05) is 0 Å². The Morgan fingerprint density at radius 3 is 3.07 bits per heavy atom. The molecule has 1 aliphatic heterocycles. The van der Waals surface area contributed by atoms with Gasteiger partial charge in [0.2, 0.25) is 5.91 Å². The van der Waals surface area contributed by atoms with Gasteiger partial charge in [0.05, 0.1) is 0 Å². The minimum atomic E-state index is -0.967. The lowest BCUT2D eigenvalue weighted by Crippen LogP contribution is -2.38. The summed E-state index contributed by atoms with van der Waals surface area (Å²) >= 11 is 1.28. The molecule has 5 nitrogen and oxygen atoms in total. The lowest BCUT2D eigenvalue weighted by atomic mass is 10.2. The van der Waals surface area contributed by atoms with Gasteiger partial charge >= 0.3 is 5.97 Å². The standard InChI is InChI=1S/C8H8N2O3S/c11-6-2-1-5(7(12)13)10(6)8-9-3-4-14-8/h3-5H,1-2H2,(H,12,13). The third kappa shape index (κ3) is 1.37. The largest absolute Gasteiger partial charge is 0.480 e. The van der Waals surface area contributed by atoms with Crippen LogP contribution in [0.15, 0.2) is 11.6 Å². The van der Waals surface area contributed by atoms with Crippen LogP contribution in [-0.2, 0) is 9.59 Å². The van der Waals surface area contributed by atoms with Gasteiger partial charge in [-0.2, -0.15) is 0 Å². The first-order chi connectivity index (χ1) is 6.70. The molecule has 1 amide bonds. The van der Waals surface area contributed by atoms with Gasteiger partial charge in [-0.15, -0.1) is 11.3 Å². The summed E-state index contributed by atoms with van der Waals surface area (Å²) in [5.41, 5.74) is 0. The lowest BCUT2D eigenvalue weighted by Gasteiger charge is -2.17. The van der Waals surface area contributed by atoms with Crippen LogP contribution in [0.4, 0.5) is 5.13 Å². The van der Waals surface area contributed by atoms with Gasteiger partial charge in [0, 0.05) is 18.0 Å². The van der Waals surface area contributed by atoms with Crippen molar-refractivity contribution in [2.45, 2.75) is 18.9 Å². The molecule has 0 radical (unpaired) electrons. The number of carbonyl (C=O) groups is 2. The van der Waals surface area contributed by atoms with Crippen molar-refractivity contribution in [1.82, 2.24) is 4.98 Å². The molecule has 1 fully saturated rings. The van der Waals surface area contributed by atoms with Gasteiger partial charge in [-0.3, -0.25) is 9.69 Å². The van der Waals surface area contributed by atoms with Crippen molar-refractivity contribution in [1.29, 1.82) is 0 Å². The van der Waals surface area contributed by atoms with E-state index >= 15 is 0 Å². The number of carboxylic acids is 1. The number of anilines is 1. The Hall–Kier alpha value is -1.43. The number of nitrogens with zero attached hydrogens (tertiary/aromatic N) is 2. The van der Waals surface area contributed by atoms with Crippen molar-refractivity contribution in [3.8, 4) is 0 Å². The molecule has 1 unspecified atom stereocenters. The summed E-state index contributed by atoms with van der Waals surface area (Å²) in [7, 11) is 0. The molecule has 2 heterocycles. The first-order valence-electron chi connectivity index (χ1n) is 4.14. The molecule has 14 heavy (non-hydrogen) atoms. The van der Waals surface area contributed by atoms with Crippen molar-refractivity contribution in [3.05, 3.63) is 11.6 Å². The van der Waals surface area contributed by atoms with Crippen LogP contribution in [0.1, 0.15) is 12.8 Å². The number of aromatic nitrogens is 1. The number of amides is 1. The quantitative estimate of drug-likeness (QED) is 0.784. The number of rotatable bonds is 2. The molecule has 1 saturated heterocycles. The van der Waals surface area contributed by atoms with Crippen LogP contribution in [-0.4, -0.2) is 28.0 Å². The Bertz CT molecular complexity index is 363. The molecule has 1 aliphatic rings. The molecule has 6 heteroatoms. The molecule has 0 bridgehead atoms. The predicted molar refractivity (Wildman–Crippen MR) is 50.3 cm³/mol. The van der Waals surface area contributed by atoms with E-state index in [0.717, 1.165) is 0 Å². The molecular weight excluding hydrogens is 204 g/mol. The van der Waals surface area contributed by atoms with Crippen LogP contribution in [0.25, 0.3) is 0 Å². The van der Waals surface area contributed by atoms with E-state index < -0.39 is 12.0 Å².